The van der Waals surface area contributed by atoms with Crippen molar-refractivity contribution in [2.24, 2.45) is 0 Å². The van der Waals surface area contributed by atoms with Crippen LogP contribution in [0.5, 0.6) is 5.75 Å². The fourth-order valence-corrected chi connectivity index (χ4v) is 1.09. The van der Waals surface area contributed by atoms with Crippen molar-refractivity contribution in [1.82, 2.24) is 5.16 Å². The van der Waals surface area contributed by atoms with E-state index in [9.17, 15) is 4.39 Å². The summed E-state index contributed by atoms with van der Waals surface area (Å²) >= 11 is 0. The zero-order valence-corrected chi connectivity index (χ0v) is 7.81. The molecule has 2 N–H and O–H groups in total. The van der Waals surface area contributed by atoms with Crippen LogP contribution in [-0.2, 0) is 6.61 Å². The SMILES string of the molecule is Nc1cnoc1COc1cccc(F)c1. The van der Waals surface area contributed by atoms with Crippen molar-refractivity contribution >= 4 is 5.69 Å². The van der Waals surface area contributed by atoms with Gasteiger partial charge in [0.15, 0.2) is 12.4 Å². The number of benzene rings is 1. The number of anilines is 1. The number of aromatic nitrogens is 1. The molecule has 0 saturated carbocycles. The highest BCUT2D eigenvalue weighted by Crippen LogP contribution is 2.16. The molecule has 0 radical (unpaired) electrons. The van der Waals surface area contributed by atoms with Gasteiger partial charge in [-0.3, -0.25) is 0 Å². The standard InChI is InChI=1S/C10H9FN2O2/c11-7-2-1-3-8(4-7)14-6-10-9(12)5-13-15-10/h1-5H,6,12H2. The van der Waals surface area contributed by atoms with Gasteiger partial charge < -0.3 is 15.0 Å². The van der Waals surface area contributed by atoms with Crippen LogP contribution in [-0.4, -0.2) is 5.16 Å². The van der Waals surface area contributed by atoms with Gasteiger partial charge in [0.2, 0.25) is 0 Å². The van der Waals surface area contributed by atoms with Crippen LogP contribution >= 0.6 is 0 Å². The van der Waals surface area contributed by atoms with E-state index in [-0.39, 0.29) is 12.4 Å². The van der Waals surface area contributed by atoms with Gasteiger partial charge in [-0.25, -0.2) is 4.39 Å². The molecular weight excluding hydrogens is 199 g/mol. The maximum atomic E-state index is 12.8. The van der Waals surface area contributed by atoms with E-state index in [1.807, 2.05) is 0 Å². The Bertz CT molecular complexity index is 456. The third-order valence-electron chi connectivity index (χ3n) is 1.84. The molecule has 78 valence electrons. The number of halogens is 1. The zero-order valence-electron chi connectivity index (χ0n) is 7.81. The summed E-state index contributed by atoms with van der Waals surface area (Å²) in [5, 5.41) is 3.50. The van der Waals surface area contributed by atoms with Crippen LogP contribution in [0, 0.1) is 5.82 Å². The van der Waals surface area contributed by atoms with Crippen LogP contribution in [0.1, 0.15) is 5.76 Å². The Balaban J connectivity index is 2.02. The first-order chi connectivity index (χ1) is 7.25. The van der Waals surface area contributed by atoms with Crippen molar-refractivity contribution in [2.45, 2.75) is 6.61 Å². The summed E-state index contributed by atoms with van der Waals surface area (Å²) in [6.07, 6.45) is 1.39. The van der Waals surface area contributed by atoms with Crippen LogP contribution in [0.25, 0.3) is 0 Å². The van der Waals surface area contributed by atoms with Gasteiger partial charge in [0, 0.05) is 6.07 Å². The normalized spacial score (nSPS) is 10.2. The van der Waals surface area contributed by atoms with Gasteiger partial charge in [-0.2, -0.15) is 0 Å². The second-order valence-corrected chi connectivity index (χ2v) is 2.95. The van der Waals surface area contributed by atoms with Gasteiger partial charge in [0.25, 0.3) is 0 Å². The van der Waals surface area contributed by atoms with E-state index in [1.54, 1.807) is 12.1 Å². The summed E-state index contributed by atoms with van der Waals surface area (Å²) in [5.41, 5.74) is 5.95. The molecule has 2 aromatic rings. The highest BCUT2D eigenvalue weighted by atomic mass is 19.1. The Labute approximate surface area is 85.4 Å². The lowest BCUT2D eigenvalue weighted by Crippen LogP contribution is -1.97. The maximum Gasteiger partial charge on any atom is 0.196 e. The Hall–Kier alpha value is -2.04. The van der Waals surface area contributed by atoms with Gasteiger partial charge in [-0.15, -0.1) is 0 Å². The number of nitrogens with two attached hydrogens (primary N) is 1. The van der Waals surface area contributed by atoms with Crippen molar-refractivity contribution in [3.8, 4) is 5.75 Å². The minimum Gasteiger partial charge on any atom is -0.485 e. The average molecular weight is 208 g/mol. The van der Waals surface area contributed by atoms with Crippen molar-refractivity contribution in [3.63, 3.8) is 0 Å². The lowest BCUT2D eigenvalue weighted by Gasteiger charge is -2.03. The molecule has 0 spiro atoms. The summed E-state index contributed by atoms with van der Waals surface area (Å²) in [6, 6.07) is 5.84. The Morgan fingerprint density at radius 2 is 2.33 bits per heavy atom. The number of rotatable bonds is 3. The van der Waals surface area contributed by atoms with E-state index >= 15 is 0 Å². The van der Waals surface area contributed by atoms with Crippen LogP contribution < -0.4 is 10.5 Å². The highest BCUT2D eigenvalue weighted by Gasteiger charge is 2.05. The molecule has 0 bridgehead atoms. The van der Waals surface area contributed by atoms with Crippen molar-refractivity contribution < 1.29 is 13.7 Å². The van der Waals surface area contributed by atoms with E-state index in [1.165, 1.54) is 18.3 Å². The second kappa shape index (κ2) is 4.00. The van der Waals surface area contributed by atoms with Crippen molar-refractivity contribution in [1.29, 1.82) is 0 Å². The minimum absolute atomic E-state index is 0.134. The van der Waals surface area contributed by atoms with Crippen LogP contribution in [0.4, 0.5) is 10.1 Å². The fourth-order valence-electron chi connectivity index (χ4n) is 1.09. The van der Waals surface area contributed by atoms with E-state index in [2.05, 4.69) is 5.16 Å². The summed E-state index contributed by atoms with van der Waals surface area (Å²) in [7, 11) is 0. The molecule has 0 aliphatic rings. The average Bonchev–Trinajstić information content (AvgIpc) is 2.61. The largest absolute Gasteiger partial charge is 0.485 e. The quantitative estimate of drug-likeness (QED) is 0.837. The smallest absolute Gasteiger partial charge is 0.196 e. The first-order valence-corrected chi connectivity index (χ1v) is 4.33. The molecule has 5 heteroatoms. The third kappa shape index (κ3) is 2.25. The number of nitrogen functional groups attached to an aromatic ring is 1. The molecule has 0 aliphatic carbocycles. The first-order valence-electron chi connectivity index (χ1n) is 4.33. The van der Waals surface area contributed by atoms with E-state index in [0.717, 1.165) is 0 Å². The lowest BCUT2D eigenvalue weighted by atomic mass is 10.3. The lowest BCUT2D eigenvalue weighted by molar-refractivity contribution is 0.249. The molecule has 0 saturated heterocycles. The van der Waals surface area contributed by atoms with Gasteiger partial charge >= 0.3 is 0 Å². The topological polar surface area (TPSA) is 61.3 Å². The highest BCUT2D eigenvalue weighted by molar-refractivity contribution is 5.37. The number of hydrogen-bond donors (Lipinski definition) is 1. The molecular formula is C10H9FN2O2. The second-order valence-electron chi connectivity index (χ2n) is 2.95. The van der Waals surface area contributed by atoms with Crippen molar-refractivity contribution in [2.75, 3.05) is 5.73 Å². The molecule has 0 amide bonds. The van der Waals surface area contributed by atoms with Gasteiger partial charge in [0.05, 0.1) is 11.9 Å². The van der Waals surface area contributed by atoms with Gasteiger partial charge in [0.1, 0.15) is 11.6 Å². The summed E-state index contributed by atoms with van der Waals surface area (Å²) in [5.74, 6) is 0.503. The molecule has 15 heavy (non-hydrogen) atoms. The van der Waals surface area contributed by atoms with Crippen molar-refractivity contribution in [3.05, 3.63) is 42.0 Å². The molecule has 0 unspecified atom stereocenters. The Morgan fingerprint density at radius 3 is 3.00 bits per heavy atom. The summed E-state index contributed by atoms with van der Waals surface area (Å²) in [6.45, 7) is 0.134. The molecule has 1 heterocycles. The fraction of sp³-hybridized carbons (Fsp3) is 0.100. The molecule has 1 aromatic carbocycles. The van der Waals surface area contributed by atoms with Crippen LogP contribution in [0.2, 0.25) is 0 Å². The molecule has 1 aromatic heterocycles. The first kappa shape index (κ1) is 9.51. The number of hydrogen-bond acceptors (Lipinski definition) is 4. The molecule has 2 rings (SSSR count). The monoisotopic (exact) mass is 208 g/mol. The predicted molar refractivity (Wildman–Crippen MR) is 51.6 cm³/mol. The number of nitrogens with zero attached hydrogens (tertiary/aromatic N) is 1. The zero-order chi connectivity index (χ0) is 10.7. The molecule has 4 nitrogen and oxygen atoms in total. The summed E-state index contributed by atoms with van der Waals surface area (Å²) in [4.78, 5) is 0. The molecule has 0 aliphatic heterocycles. The predicted octanol–water partition coefficient (Wildman–Crippen LogP) is 1.97. The Morgan fingerprint density at radius 1 is 1.47 bits per heavy atom. The van der Waals surface area contributed by atoms with E-state index in [0.29, 0.717) is 17.2 Å². The van der Waals surface area contributed by atoms with Gasteiger partial charge in [-0.1, -0.05) is 11.2 Å². The van der Waals surface area contributed by atoms with E-state index < -0.39 is 0 Å². The van der Waals surface area contributed by atoms with Crippen LogP contribution in [0.3, 0.4) is 0 Å². The van der Waals surface area contributed by atoms with E-state index in [4.69, 9.17) is 15.0 Å². The maximum absolute atomic E-state index is 12.8. The van der Waals surface area contributed by atoms with Crippen LogP contribution in [0.15, 0.2) is 35.0 Å². The molecule has 0 fully saturated rings. The minimum atomic E-state index is -0.349. The Kier molecular flexibility index (Phi) is 2.53. The van der Waals surface area contributed by atoms with Gasteiger partial charge in [-0.05, 0) is 12.1 Å². The summed E-state index contributed by atoms with van der Waals surface area (Å²) < 4.78 is 22.9. The third-order valence-corrected chi connectivity index (χ3v) is 1.84. The number of ether oxygens (including phenoxy) is 1. The molecule has 0 atom stereocenters.